The number of anilines is 2. The van der Waals surface area contributed by atoms with Crippen LogP contribution >= 0.6 is 0 Å². The second kappa shape index (κ2) is 13.0. The van der Waals surface area contributed by atoms with Gasteiger partial charge in [-0.1, -0.05) is 24.3 Å². The van der Waals surface area contributed by atoms with Gasteiger partial charge in [0.1, 0.15) is 0 Å². The van der Waals surface area contributed by atoms with Crippen LogP contribution in [0.15, 0.2) is 59.7 Å². The largest absolute Gasteiger partial charge is 0.490 e. The lowest BCUT2D eigenvalue weighted by Gasteiger charge is -2.13. The summed E-state index contributed by atoms with van der Waals surface area (Å²) in [4.78, 5) is 36.8. The molecule has 0 saturated carbocycles. The highest BCUT2D eigenvalue weighted by Crippen LogP contribution is 2.28. The standard InChI is InChI=1S/C29H32N4O5/c1-6-37-25-15-22(16-30-33-29(36)28(35)32-27-19(3)8-7-9-20(27)4)11-13-24(25)38-17-26(34)31-23-12-10-18(2)21(5)14-23/h7-16H,6,17H2,1-5H3,(H,31,34)(H,32,35)(H,33,36)/b30-16-. The summed E-state index contributed by atoms with van der Waals surface area (Å²) in [5.74, 6) is -1.23. The number of nitrogens with one attached hydrogen (secondary N) is 3. The number of hydrogen-bond donors (Lipinski definition) is 3. The normalized spacial score (nSPS) is 10.7. The van der Waals surface area contributed by atoms with Crippen molar-refractivity contribution in [3.63, 3.8) is 0 Å². The molecule has 0 aliphatic carbocycles. The van der Waals surface area contributed by atoms with E-state index >= 15 is 0 Å². The van der Waals surface area contributed by atoms with E-state index in [1.807, 2.05) is 71.0 Å². The van der Waals surface area contributed by atoms with E-state index in [9.17, 15) is 14.4 Å². The van der Waals surface area contributed by atoms with Crippen molar-refractivity contribution in [3.05, 3.63) is 82.4 Å². The van der Waals surface area contributed by atoms with Crippen LogP contribution in [-0.4, -0.2) is 37.1 Å². The van der Waals surface area contributed by atoms with Crippen LogP contribution in [0.5, 0.6) is 11.5 Å². The minimum Gasteiger partial charge on any atom is -0.490 e. The fraction of sp³-hybridized carbons (Fsp3) is 0.241. The lowest BCUT2D eigenvalue weighted by atomic mass is 10.1. The summed E-state index contributed by atoms with van der Waals surface area (Å²) in [6, 6.07) is 16.2. The van der Waals surface area contributed by atoms with Crippen LogP contribution in [0.4, 0.5) is 11.4 Å². The van der Waals surface area contributed by atoms with E-state index in [0.717, 1.165) is 22.3 Å². The molecule has 0 aliphatic heterocycles. The Bertz CT molecular complexity index is 1350. The number of carbonyl (C=O) groups is 3. The van der Waals surface area contributed by atoms with Crippen molar-refractivity contribution < 1.29 is 23.9 Å². The van der Waals surface area contributed by atoms with E-state index in [4.69, 9.17) is 9.47 Å². The van der Waals surface area contributed by atoms with Crippen molar-refractivity contribution in [3.8, 4) is 11.5 Å². The highest BCUT2D eigenvalue weighted by atomic mass is 16.5. The van der Waals surface area contributed by atoms with Crippen LogP contribution < -0.4 is 25.5 Å². The summed E-state index contributed by atoms with van der Waals surface area (Å²) in [5, 5.41) is 9.29. The predicted molar refractivity (Wildman–Crippen MR) is 148 cm³/mol. The molecule has 0 heterocycles. The first-order valence-electron chi connectivity index (χ1n) is 12.1. The molecule has 0 spiro atoms. The summed E-state index contributed by atoms with van der Waals surface area (Å²) >= 11 is 0. The van der Waals surface area contributed by atoms with Gasteiger partial charge in [0.05, 0.1) is 12.8 Å². The third-order valence-corrected chi connectivity index (χ3v) is 5.72. The van der Waals surface area contributed by atoms with Crippen LogP contribution in [0.1, 0.15) is 34.7 Å². The quantitative estimate of drug-likeness (QED) is 0.221. The summed E-state index contributed by atoms with van der Waals surface area (Å²) in [5.41, 5.74) is 8.03. The van der Waals surface area contributed by atoms with E-state index in [1.54, 1.807) is 18.2 Å². The summed E-state index contributed by atoms with van der Waals surface area (Å²) in [6.07, 6.45) is 1.38. The zero-order valence-electron chi connectivity index (χ0n) is 22.2. The highest BCUT2D eigenvalue weighted by molar-refractivity contribution is 6.39. The molecule has 0 radical (unpaired) electrons. The van der Waals surface area contributed by atoms with Crippen molar-refractivity contribution in [2.75, 3.05) is 23.8 Å². The molecule has 0 unspecified atom stereocenters. The minimum atomic E-state index is -0.899. The molecule has 198 valence electrons. The fourth-order valence-electron chi connectivity index (χ4n) is 3.55. The van der Waals surface area contributed by atoms with Crippen LogP contribution in [-0.2, 0) is 14.4 Å². The van der Waals surface area contributed by atoms with Crippen LogP contribution in [0.3, 0.4) is 0 Å². The number of nitrogens with zero attached hydrogens (tertiary/aromatic N) is 1. The molecule has 9 heteroatoms. The average molecular weight is 517 g/mol. The molecular formula is C29H32N4O5. The Morgan fingerprint density at radius 3 is 2.21 bits per heavy atom. The van der Waals surface area contributed by atoms with Gasteiger partial charge in [-0.25, -0.2) is 5.43 Å². The molecule has 38 heavy (non-hydrogen) atoms. The summed E-state index contributed by atoms with van der Waals surface area (Å²) in [7, 11) is 0. The van der Waals surface area contributed by atoms with Gasteiger partial charge in [0, 0.05) is 11.4 Å². The summed E-state index contributed by atoms with van der Waals surface area (Å²) < 4.78 is 11.3. The molecule has 0 aromatic heterocycles. The minimum absolute atomic E-state index is 0.202. The topological polar surface area (TPSA) is 118 Å². The van der Waals surface area contributed by atoms with Crippen LogP contribution in [0.25, 0.3) is 0 Å². The van der Waals surface area contributed by atoms with Crippen molar-refractivity contribution >= 4 is 35.3 Å². The Morgan fingerprint density at radius 1 is 0.789 bits per heavy atom. The molecule has 3 N–H and O–H groups in total. The first kappa shape index (κ1) is 27.9. The molecule has 9 nitrogen and oxygen atoms in total. The third-order valence-electron chi connectivity index (χ3n) is 5.72. The fourth-order valence-corrected chi connectivity index (χ4v) is 3.55. The molecule has 0 fully saturated rings. The van der Waals surface area contributed by atoms with E-state index in [0.29, 0.717) is 35.0 Å². The SMILES string of the molecule is CCOc1cc(/C=N\NC(=O)C(=O)Nc2c(C)cccc2C)ccc1OCC(=O)Nc1ccc(C)c(C)c1. The molecule has 0 saturated heterocycles. The molecule has 0 aliphatic rings. The zero-order valence-corrected chi connectivity index (χ0v) is 22.2. The van der Waals surface area contributed by atoms with E-state index in [1.165, 1.54) is 6.21 Å². The van der Waals surface area contributed by atoms with Crippen molar-refractivity contribution in [2.24, 2.45) is 5.10 Å². The van der Waals surface area contributed by atoms with Gasteiger partial charge >= 0.3 is 11.8 Å². The van der Waals surface area contributed by atoms with E-state index < -0.39 is 11.8 Å². The molecule has 0 bridgehead atoms. The number of carbonyl (C=O) groups excluding carboxylic acids is 3. The first-order valence-corrected chi connectivity index (χ1v) is 12.1. The Labute approximate surface area is 222 Å². The van der Waals surface area contributed by atoms with Gasteiger partial charge in [-0.15, -0.1) is 0 Å². The lowest BCUT2D eigenvalue weighted by molar-refractivity contribution is -0.136. The predicted octanol–water partition coefficient (Wildman–Crippen LogP) is 4.43. The van der Waals surface area contributed by atoms with Crippen LogP contribution in [0, 0.1) is 27.7 Å². The number of amides is 3. The maximum absolute atomic E-state index is 12.4. The molecule has 3 aromatic rings. The van der Waals surface area contributed by atoms with Gasteiger partial charge in [-0.2, -0.15) is 5.10 Å². The molecule has 3 amide bonds. The van der Waals surface area contributed by atoms with Crippen molar-refractivity contribution in [1.82, 2.24) is 5.43 Å². The Hall–Kier alpha value is -4.66. The number of ether oxygens (including phenoxy) is 2. The van der Waals surface area contributed by atoms with E-state index in [2.05, 4.69) is 21.2 Å². The second-order valence-corrected chi connectivity index (χ2v) is 8.70. The Morgan fingerprint density at radius 2 is 1.53 bits per heavy atom. The number of rotatable bonds is 9. The van der Waals surface area contributed by atoms with Gasteiger partial charge in [0.2, 0.25) is 0 Å². The third kappa shape index (κ3) is 7.67. The highest BCUT2D eigenvalue weighted by Gasteiger charge is 2.15. The van der Waals surface area contributed by atoms with Crippen molar-refractivity contribution in [1.29, 1.82) is 0 Å². The Kier molecular flexibility index (Phi) is 9.59. The maximum atomic E-state index is 12.4. The number of hydrogen-bond acceptors (Lipinski definition) is 6. The molecular weight excluding hydrogens is 484 g/mol. The van der Waals surface area contributed by atoms with Gasteiger partial charge in [0.15, 0.2) is 18.1 Å². The monoisotopic (exact) mass is 516 g/mol. The van der Waals surface area contributed by atoms with Gasteiger partial charge in [-0.05, 0) is 92.8 Å². The maximum Gasteiger partial charge on any atom is 0.329 e. The van der Waals surface area contributed by atoms with Gasteiger partial charge in [-0.3, -0.25) is 14.4 Å². The number of para-hydroxylation sites is 1. The van der Waals surface area contributed by atoms with Gasteiger partial charge in [0.25, 0.3) is 5.91 Å². The molecule has 0 atom stereocenters. The molecule has 3 rings (SSSR count). The Balaban J connectivity index is 1.58. The first-order chi connectivity index (χ1) is 18.2. The lowest BCUT2D eigenvalue weighted by Crippen LogP contribution is -2.32. The smallest absolute Gasteiger partial charge is 0.329 e. The second-order valence-electron chi connectivity index (χ2n) is 8.70. The number of aryl methyl sites for hydroxylation is 4. The van der Waals surface area contributed by atoms with Crippen LogP contribution in [0.2, 0.25) is 0 Å². The number of hydrazone groups is 1. The summed E-state index contributed by atoms with van der Waals surface area (Å²) in [6.45, 7) is 9.68. The number of benzene rings is 3. The van der Waals surface area contributed by atoms with E-state index in [-0.39, 0.29) is 12.5 Å². The average Bonchev–Trinajstić information content (AvgIpc) is 2.88. The van der Waals surface area contributed by atoms with Crippen molar-refractivity contribution in [2.45, 2.75) is 34.6 Å². The molecule has 3 aromatic carbocycles. The van der Waals surface area contributed by atoms with Gasteiger partial charge < -0.3 is 20.1 Å². The zero-order chi connectivity index (χ0) is 27.7.